The van der Waals surface area contributed by atoms with Crippen LogP contribution in [0.3, 0.4) is 0 Å². The second-order valence-corrected chi connectivity index (χ2v) is 5.35. The van der Waals surface area contributed by atoms with Crippen LogP contribution in [0.4, 0.5) is 0 Å². The predicted octanol–water partition coefficient (Wildman–Crippen LogP) is 2.03. The smallest absolute Gasteiger partial charge is 0.338 e. The van der Waals surface area contributed by atoms with Crippen molar-refractivity contribution in [2.24, 2.45) is 0 Å². The van der Waals surface area contributed by atoms with Crippen LogP contribution in [-0.2, 0) is 14.9 Å². The molecule has 1 rings (SSSR count). The summed E-state index contributed by atoms with van der Waals surface area (Å²) < 4.78 is 36.2. The molecule has 0 aliphatic heterocycles. The molecule has 0 unspecified atom stereocenters. The van der Waals surface area contributed by atoms with E-state index in [1.54, 1.807) is 6.92 Å². The van der Waals surface area contributed by atoms with E-state index in [4.69, 9.17) is 9.29 Å². The van der Waals surface area contributed by atoms with Gasteiger partial charge < -0.3 is 4.74 Å². The van der Waals surface area contributed by atoms with Crippen molar-refractivity contribution >= 4 is 16.1 Å². The normalized spacial score (nSPS) is 11.1. The number of rotatable bonds is 3. The molecule has 0 fully saturated rings. The minimum Gasteiger partial charge on any atom is -0.423 e. The van der Waals surface area contributed by atoms with Crippen LogP contribution in [0.2, 0.25) is 0 Å². The van der Waals surface area contributed by atoms with Crippen molar-refractivity contribution in [1.82, 2.24) is 0 Å². The quantitative estimate of drug-likeness (QED) is 0.393. The van der Waals surface area contributed by atoms with E-state index in [0.29, 0.717) is 11.1 Å². The molecule has 0 spiro atoms. The van der Waals surface area contributed by atoms with Crippen molar-refractivity contribution in [2.75, 3.05) is 0 Å². The van der Waals surface area contributed by atoms with E-state index in [2.05, 4.69) is 6.58 Å². The zero-order chi connectivity index (χ0) is 14.1. The molecule has 0 heterocycles. The third kappa shape index (κ3) is 2.96. The number of benzene rings is 1. The highest BCUT2D eigenvalue weighted by Gasteiger charge is 2.18. The van der Waals surface area contributed by atoms with E-state index < -0.39 is 16.1 Å². The van der Waals surface area contributed by atoms with Gasteiger partial charge in [0, 0.05) is 5.57 Å². The van der Waals surface area contributed by atoms with E-state index in [1.807, 2.05) is 0 Å². The lowest BCUT2D eigenvalue weighted by atomic mass is 10.1. The molecule has 0 bridgehead atoms. The standard InChI is InChI=1S/C12H14O5S/c1-7(2)12(13)17-10-5-6-11(18(14,15)16)9(4)8(10)3/h5-6H,1H2,2-4H3,(H,14,15,16). The van der Waals surface area contributed by atoms with Crippen molar-refractivity contribution in [1.29, 1.82) is 0 Å². The Labute approximate surface area is 106 Å². The molecular weight excluding hydrogens is 256 g/mol. The topological polar surface area (TPSA) is 80.7 Å². The summed E-state index contributed by atoms with van der Waals surface area (Å²) in [6.07, 6.45) is 0. The van der Waals surface area contributed by atoms with Gasteiger partial charge in [-0.05, 0) is 44.0 Å². The molecule has 1 aromatic rings. The molecule has 5 nitrogen and oxygen atoms in total. The summed E-state index contributed by atoms with van der Waals surface area (Å²) in [5.41, 5.74) is 1.05. The van der Waals surface area contributed by atoms with Crippen LogP contribution in [0.5, 0.6) is 5.75 Å². The van der Waals surface area contributed by atoms with Crippen LogP contribution >= 0.6 is 0 Å². The zero-order valence-electron chi connectivity index (χ0n) is 10.4. The van der Waals surface area contributed by atoms with Gasteiger partial charge in [0.15, 0.2) is 0 Å². The van der Waals surface area contributed by atoms with Gasteiger partial charge in [-0.3, -0.25) is 4.55 Å². The molecule has 0 atom stereocenters. The van der Waals surface area contributed by atoms with Crippen LogP contribution in [0.15, 0.2) is 29.2 Å². The van der Waals surface area contributed by atoms with Gasteiger partial charge in [0.2, 0.25) is 0 Å². The molecule has 18 heavy (non-hydrogen) atoms. The molecule has 1 aromatic carbocycles. The SMILES string of the molecule is C=C(C)C(=O)Oc1ccc(S(=O)(=O)O)c(C)c1C. The average Bonchev–Trinajstić information content (AvgIpc) is 2.22. The summed E-state index contributed by atoms with van der Waals surface area (Å²) >= 11 is 0. The predicted molar refractivity (Wildman–Crippen MR) is 66.2 cm³/mol. The number of hydrogen-bond donors (Lipinski definition) is 1. The lowest BCUT2D eigenvalue weighted by Gasteiger charge is -2.11. The van der Waals surface area contributed by atoms with Crippen molar-refractivity contribution in [3.05, 3.63) is 35.4 Å². The molecule has 0 aliphatic rings. The van der Waals surface area contributed by atoms with Crippen LogP contribution in [-0.4, -0.2) is 18.9 Å². The van der Waals surface area contributed by atoms with Gasteiger partial charge in [-0.15, -0.1) is 0 Å². The summed E-state index contributed by atoms with van der Waals surface area (Å²) in [6.45, 7) is 8.09. The molecule has 0 amide bonds. The first-order valence-electron chi connectivity index (χ1n) is 5.10. The van der Waals surface area contributed by atoms with E-state index in [1.165, 1.54) is 26.0 Å². The van der Waals surface area contributed by atoms with Crippen molar-refractivity contribution < 1.29 is 22.5 Å². The maximum absolute atomic E-state index is 11.4. The summed E-state index contributed by atoms with van der Waals surface area (Å²) in [7, 11) is -4.28. The van der Waals surface area contributed by atoms with Gasteiger partial charge in [0.1, 0.15) is 5.75 Å². The lowest BCUT2D eigenvalue weighted by Crippen LogP contribution is -2.10. The minimum atomic E-state index is -4.28. The van der Waals surface area contributed by atoms with E-state index in [-0.39, 0.29) is 16.2 Å². The minimum absolute atomic E-state index is 0.199. The number of hydrogen-bond acceptors (Lipinski definition) is 4. The average molecular weight is 270 g/mol. The van der Waals surface area contributed by atoms with Crippen molar-refractivity contribution in [3.8, 4) is 5.75 Å². The Morgan fingerprint density at radius 2 is 1.83 bits per heavy atom. The van der Waals surface area contributed by atoms with Gasteiger partial charge in [-0.25, -0.2) is 4.79 Å². The molecule has 6 heteroatoms. The fraction of sp³-hybridized carbons (Fsp3) is 0.250. The Bertz CT molecular complexity index is 614. The number of carbonyl (C=O) groups excluding carboxylic acids is 1. The highest BCUT2D eigenvalue weighted by molar-refractivity contribution is 7.85. The largest absolute Gasteiger partial charge is 0.423 e. The summed E-state index contributed by atoms with van der Waals surface area (Å²) in [5, 5.41) is 0. The van der Waals surface area contributed by atoms with E-state index in [9.17, 15) is 13.2 Å². The first-order valence-corrected chi connectivity index (χ1v) is 6.54. The fourth-order valence-electron chi connectivity index (χ4n) is 1.35. The van der Waals surface area contributed by atoms with Crippen LogP contribution in [0, 0.1) is 13.8 Å². The van der Waals surface area contributed by atoms with E-state index in [0.717, 1.165) is 0 Å². The van der Waals surface area contributed by atoms with Crippen LogP contribution < -0.4 is 4.74 Å². The molecule has 98 valence electrons. The first-order chi connectivity index (χ1) is 8.14. The second-order valence-electron chi connectivity index (χ2n) is 3.96. The third-order valence-electron chi connectivity index (χ3n) is 2.52. The Morgan fingerprint density at radius 3 is 2.28 bits per heavy atom. The maximum atomic E-state index is 11.4. The monoisotopic (exact) mass is 270 g/mol. The fourth-order valence-corrected chi connectivity index (χ4v) is 2.13. The molecular formula is C12H14O5S. The molecule has 0 saturated heterocycles. The van der Waals surface area contributed by atoms with Crippen molar-refractivity contribution in [2.45, 2.75) is 25.7 Å². The maximum Gasteiger partial charge on any atom is 0.338 e. The van der Waals surface area contributed by atoms with Crippen LogP contribution in [0.1, 0.15) is 18.1 Å². The molecule has 0 aromatic heterocycles. The molecule has 0 saturated carbocycles. The number of ether oxygens (including phenoxy) is 1. The summed E-state index contributed by atoms with van der Waals surface area (Å²) in [4.78, 5) is 11.2. The number of carbonyl (C=O) groups is 1. The van der Waals surface area contributed by atoms with Gasteiger partial charge in [-0.2, -0.15) is 8.42 Å². The number of esters is 1. The van der Waals surface area contributed by atoms with Crippen LogP contribution in [0.25, 0.3) is 0 Å². The van der Waals surface area contributed by atoms with E-state index >= 15 is 0 Å². The Hall–Kier alpha value is -1.66. The zero-order valence-corrected chi connectivity index (χ0v) is 11.2. The molecule has 1 N–H and O–H groups in total. The summed E-state index contributed by atoms with van der Waals surface area (Å²) in [5.74, 6) is -0.343. The van der Waals surface area contributed by atoms with Crippen molar-refractivity contribution in [3.63, 3.8) is 0 Å². The first kappa shape index (κ1) is 14.4. The third-order valence-corrected chi connectivity index (χ3v) is 3.51. The molecule has 0 radical (unpaired) electrons. The second kappa shape index (κ2) is 4.91. The Balaban J connectivity index is 3.25. The Morgan fingerprint density at radius 1 is 1.28 bits per heavy atom. The van der Waals surface area contributed by atoms with Gasteiger partial charge >= 0.3 is 5.97 Å². The summed E-state index contributed by atoms with van der Waals surface area (Å²) in [6, 6.07) is 2.52. The highest BCUT2D eigenvalue weighted by atomic mass is 32.2. The highest BCUT2D eigenvalue weighted by Crippen LogP contribution is 2.27. The van der Waals surface area contributed by atoms with Gasteiger partial charge in [0.25, 0.3) is 10.1 Å². The lowest BCUT2D eigenvalue weighted by molar-refractivity contribution is -0.130. The Kier molecular flexibility index (Phi) is 3.93. The van der Waals surface area contributed by atoms with Gasteiger partial charge in [-0.1, -0.05) is 6.58 Å². The molecule has 0 aliphatic carbocycles. The van der Waals surface area contributed by atoms with Gasteiger partial charge in [0.05, 0.1) is 4.90 Å².